The third kappa shape index (κ3) is 5.10. The van der Waals surface area contributed by atoms with Gasteiger partial charge in [-0.05, 0) is 24.8 Å². The molecule has 0 unspecified atom stereocenters. The molecule has 72 valence electrons. The predicted octanol–water partition coefficient (Wildman–Crippen LogP) is 2.64. The van der Waals surface area contributed by atoms with Gasteiger partial charge in [0.05, 0.1) is 6.01 Å². The summed E-state index contributed by atoms with van der Waals surface area (Å²) in [7, 11) is 0. The highest BCUT2D eigenvalue weighted by molar-refractivity contribution is 5.91. The smallest absolute Gasteiger partial charge is 0.156 e. The van der Waals surface area contributed by atoms with Crippen LogP contribution in [-0.2, 0) is 4.79 Å². The van der Waals surface area contributed by atoms with E-state index >= 15 is 0 Å². The largest absolute Gasteiger partial charge is 0.295 e. The molecule has 0 heterocycles. The number of carbonyl (C=O) groups is 1. The Morgan fingerprint density at radius 1 is 1.38 bits per heavy atom. The minimum atomic E-state index is 0.204. The van der Waals surface area contributed by atoms with Crippen molar-refractivity contribution in [1.29, 1.82) is 10.8 Å². The van der Waals surface area contributed by atoms with Crippen molar-refractivity contribution in [2.24, 2.45) is 5.41 Å². The van der Waals surface area contributed by atoms with Crippen molar-refractivity contribution in [3.63, 3.8) is 0 Å². The molecule has 0 spiro atoms. The highest BCUT2D eigenvalue weighted by Crippen LogP contribution is 2.32. The van der Waals surface area contributed by atoms with Gasteiger partial charge in [-0.1, -0.05) is 19.4 Å². The molecule has 1 rings (SSSR count). The standard InChI is InChI=1S/C9H14O.CH2N2/c1-7-4-8(10)6-9(2,3)5-7;2-1-3/h4H,5-6H2,1-3H3;2-3H. The van der Waals surface area contributed by atoms with Gasteiger partial charge in [0.1, 0.15) is 0 Å². The third-order valence-electron chi connectivity index (χ3n) is 1.82. The third-order valence-corrected chi connectivity index (χ3v) is 1.82. The van der Waals surface area contributed by atoms with E-state index in [9.17, 15) is 4.79 Å². The molecule has 0 aromatic carbocycles. The molecule has 1 aliphatic carbocycles. The molecule has 3 nitrogen and oxygen atoms in total. The fourth-order valence-electron chi connectivity index (χ4n) is 1.67. The molecule has 0 fully saturated rings. The first-order chi connectivity index (χ1) is 5.91. The van der Waals surface area contributed by atoms with E-state index < -0.39 is 0 Å². The molecule has 1 aliphatic rings. The lowest BCUT2D eigenvalue weighted by atomic mass is 9.77. The summed E-state index contributed by atoms with van der Waals surface area (Å²) < 4.78 is 0. The molecule has 0 aliphatic heterocycles. The molecule has 0 aromatic rings. The average molecular weight is 180 g/mol. The number of carbonyl (C=O) groups excluding carboxylic acids is 1. The maximum atomic E-state index is 11.0. The maximum absolute atomic E-state index is 11.0. The molecule has 0 radical (unpaired) electrons. The van der Waals surface area contributed by atoms with Crippen LogP contribution >= 0.6 is 0 Å². The zero-order valence-electron chi connectivity index (χ0n) is 8.40. The van der Waals surface area contributed by atoms with E-state index in [1.807, 2.05) is 6.92 Å². The van der Waals surface area contributed by atoms with Crippen LogP contribution in [0.2, 0.25) is 0 Å². The van der Waals surface area contributed by atoms with E-state index in [-0.39, 0.29) is 11.2 Å². The van der Waals surface area contributed by atoms with E-state index in [2.05, 4.69) is 13.8 Å². The molecular weight excluding hydrogens is 164 g/mol. The lowest BCUT2D eigenvalue weighted by Gasteiger charge is -2.27. The Morgan fingerprint density at radius 3 is 2.15 bits per heavy atom. The Morgan fingerprint density at radius 2 is 1.85 bits per heavy atom. The van der Waals surface area contributed by atoms with Crippen LogP contribution in [0.3, 0.4) is 0 Å². The molecule has 13 heavy (non-hydrogen) atoms. The SMILES string of the molecule is CC1=CC(=O)CC(C)(C)C1.N=C=N. The number of hydrogen-bond acceptors (Lipinski definition) is 3. The van der Waals surface area contributed by atoms with E-state index in [0.717, 1.165) is 6.42 Å². The van der Waals surface area contributed by atoms with Crippen LogP contribution in [0.4, 0.5) is 0 Å². The topological polar surface area (TPSA) is 64.8 Å². The molecule has 0 atom stereocenters. The zero-order valence-corrected chi connectivity index (χ0v) is 8.40. The van der Waals surface area contributed by atoms with Gasteiger partial charge in [0, 0.05) is 6.42 Å². The van der Waals surface area contributed by atoms with Crippen molar-refractivity contribution in [3.05, 3.63) is 11.6 Å². The Bertz CT molecular complexity index is 258. The molecule has 0 saturated carbocycles. The molecule has 0 saturated heterocycles. The van der Waals surface area contributed by atoms with Crippen LogP contribution in [0.25, 0.3) is 0 Å². The number of rotatable bonds is 0. The van der Waals surface area contributed by atoms with Gasteiger partial charge in [-0.25, -0.2) is 10.8 Å². The lowest BCUT2D eigenvalue weighted by molar-refractivity contribution is -0.117. The minimum absolute atomic E-state index is 0.204. The highest BCUT2D eigenvalue weighted by Gasteiger charge is 2.25. The maximum Gasteiger partial charge on any atom is 0.156 e. The first-order valence-corrected chi connectivity index (χ1v) is 4.20. The minimum Gasteiger partial charge on any atom is -0.295 e. The second-order valence-electron chi connectivity index (χ2n) is 4.10. The Hall–Kier alpha value is -1.21. The zero-order chi connectivity index (χ0) is 10.5. The average Bonchev–Trinajstić information content (AvgIpc) is 1.81. The summed E-state index contributed by atoms with van der Waals surface area (Å²) in [6, 6.07) is 1.25. The number of allylic oxidation sites excluding steroid dienone is 2. The van der Waals surface area contributed by atoms with Crippen molar-refractivity contribution >= 4 is 11.8 Å². The van der Waals surface area contributed by atoms with Crippen molar-refractivity contribution in [1.82, 2.24) is 0 Å². The van der Waals surface area contributed by atoms with Crippen LogP contribution < -0.4 is 0 Å². The summed E-state index contributed by atoms with van der Waals surface area (Å²) in [6.07, 6.45) is 3.55. The summed E-state index contributed by atoms with van der Waals surface area (Å²) >= 11 is 0. The van der Waals surface area contributed by atoms with Crippen LogP contribution in [0.15, 0.2) is 11.6 Å². The first-order valence-electron chi connectivity index (χ1n) is 4.20. The molecule has 0 amide bonds. The van der Waals surface area contributed by atoms with E-state index in [0.29, 0.717) is 6.42 Å². The first kappa shape index (κ1) is 11.8. The van der Waals surface area contributed by atoms with Gasteiger partial charge in [0.15, 0.2) is 5.78 Å². The van der Waals surface area contributed by atoms with Crippen molar-refractivity contribution in [3.8, 4) is 0 Å². The second-order valence-corrected chi connectivity index (χ2v) is 4.10. The van der Waals surface area contributed by atoms with Crippen LogP contribution in [0.5, 0.6) is 0 Å². The van der Waals surface area contributed by atoms with E-state index in [1.54, 1.807) is 6.08 Å². The molecular formula is C10H16N2O. The molecule has 0 aromatic heterocycles. The predicted molar refractivity (Wildman–Crippen MR) is 52.2 cm³/mol. The van der Waals surface area contributed by atoms with Gasteiger partial charge in [-0.2, -0.15) is 0 Å². The van der Waals surface area contributed by atoms with Crippen LogP contribution in [0.1, 0.15) is 33.6 Å². The molecule has 2 N–H and O–H groups in total. The van der Waals surface area contributed by atoms with Gasteiger partial charge in [0.2, 0.25) is 0 Å². The summed E-state index contributed by atoms with van der Waals surface area (Å²) in [5, 5.41) is 11.2. The Kier molecular flexibility index (Phi) is 4.29. The number of hydrogen-bond donors (Lipinski definition) is 2. The normalized spacial score (nSPS) is 19.3. The van der Waals surface area contributed by atoms with Gasteiger partial charge in [0.25, 0.3) is 0 Å². The lowest BCUT2D eigenvalue weighted by Crippen LogP contribution is -2.20. The van der Waals surface area contributed by atoms with E-state index in [1.165, 1.54) is 11.6 Å². The number of nitrogens with one attached hydrogen (secondary N) is 2. The van der Waals surface area contributed by atoms with Crippen molar-refractivity contribution in [2.75, 3.05) is 0 Å². The van der Waals surface area contributed by atoms with Crippen LogP contribution in [0, 0.1) is 16.2 Å². The highest BCUT2D eigenvalue weighted by atomic mass is 16.1. The summed E-state index contributed by atoms with van der Waals surface area (Å²) in [5.41, 5.74) is 1.43. The van der Waals surface area contributed by atoms with Gasteiger partial charge < -0.3 is 0 Å². The Balaban J connectivity index is 0.000000424. The van der Waals surface area contributed by atoms with E-state index in [4.69, 9.17) is 10.8 Å². The summed E-state index contributed by atoms with van der Waals surface area (Å²) in [4.78, 5) is 11.0. The number of ketones is 1. The fourth-order valence-corrected chi connectivity index (χ4v) is 1.67. The van der Waals surface area contributed by atoms with Crippen molar-refractivity contribution < 1.29 is 4.79 Å². The van der Waals surface area contributed by atoms with Gasteiger partial charge >= 0.3 is 0 Å². The van der Waals surface area contributed by atoms with Gasteiger partial charge in [-0.3, -0.25) is 4.79 Å². The summed E-state index contributed by atoms with van der Waals surface area (Å²) in [6.45, 7) is 6.31. The monoisotopic (exact) mass is 180 g/mol. The molecule has 3 heteroatoms. The van der Waals surface area contributed by atoms with Gasteiger partial charge in [-0.15, -0.1) is 0 Å². The van der Waals surface area contributed by atoms with Crippen molar-refractivity contribution in [2.45, 2.75) is 33.6 Å². The second kappa shape index (κ2) is 4.73. The fraction of sp³-hybridized carbons (Fsp3) is 0.600. The van der Waals surface area contributed by atoms with Crippen LogP contribution in [-0.4, -0.2) is 11.8 Å². The Labute approximate surface area is 78.9 Å². The quantitative estimate of drug-likeness (QED) is 0.553. The summed E-state index contributed by atoms with van der Waals surface area (Å²) in [5.74, 6) is 0.286. The molecule has 0 bridgehead atoms.